The van der Waals surface area contributed by atoms with Crippen LogP contribution >= 0.6 is 0 Å². The molecule has 144 valence electrons. The standard InChI is InChI=1S/C21H27N3O3/c1-15(2)14-27-19-8-6-5-7-18(19)23-20(25)13-22-17-11-9-16(10-12-17)21(26)24(3)4/h5-12,15,22H,13-14H2,1-4H3,(H,23,25). The second kappa shape index (κ2) is 9.62. The summed E-state index contributed by atoms with van der Waals surface area (Å²) in [6.07, 6.45) is 0. The van der Waals surface area contributed by atoms with Gasteiger partial charge in [0.05, 0.1) is 18.8 Å². The van der Waals surface area contributed by atoms with Crippen LogP contribution in [0, 0.1) is 5.92 Å². The van der Waals surface area contributed by atoms with Gasteiger partial charge in [-0.25, -0.2) is 0 Å². The van der Waals surface area contributed by atoms with Crippen molar-refractivity contribution in [3.05, 3.63) is 54.1 Å². The Morgan fingerprint density at radius 2 is 1.70 bits per heavy atom. The Labute approximate surface area is 160 Å². The van der Waals surface area contributed by atoms with E-state index < -0.39 is 0 Å². The molecule has 0 unspecified atom stereocenters. The lowest BCUT2D eigenvalue weighted by atomic mass is 10.2. The van der Waals surface area contributed by atoms with E-state index in [-0.39, 0.29) is 18.4 Å². The molecule has 0 bridgehead atoms. The lowest BCUT2D eigenvalue weighted by Gasteiger charge is -2.14. The molecular weight excluding hydrogens is 342 g/mol. The maximum Gasteiger partial charge on any atom is 0.253 e. The van der Waals surface area contributed by atoms with Crippen LogP contribution in [-0.4, -0.2) is 44.0 Å². The highest BCUT2D eigenvalue weighted by Gasteiger charge is 2.10. The average molecular weight is 369 g/mol. The van der Waals surface area contributed by atoms with Crippen molar-refractivity contribution in [1.82, 2.24) is 4.90 Å². The first-order valence-electron chi connectivity index (χ1n) is 8.94. The van der Waals surface area contributed by atoms with Gasteiger partial charge in [-0.2, -0.15) is 0 Å². The molecule has 27 heavy (non-hydrogen) atoms. The van der Waals surface area contributed by atoms with Crippen LogP contribution in [0.15, 0.2) is 48.5 Å². The molecule has 0 heterocycles. The van der Waals surface area contributed by atoms with E-state index in [1.165, 1.54) is 4.90 Å². The highest BCUT2D eigenvalue weighted by Crippen LogP contribution is 2.24. The molecule has 0 spiro atoms. The van der Waals surface area contributed by atoms with Gasteiger partial charge in [0.15, 0.2) is 0 Å². The number of hydrogen-bond donors (Lipinski definition) is 2. The molecule has 0 saturated carbocycles. The Balaban J connectivity index is 1.90. The smallest absolute Gasteiger partial charge is 0.253 e. The van der Waals surface area contributed by atoms with Gasteiger partial charge in [0, 0.05) is 25.3 Å². The number of anilines is 2. The SMILES string of the molecule is CC(C)COc1ccccc1NC(=O)CNc1ccc(C(=O)N(C)C)cc1. The molecule has 0 saturated heterocycles. The molecular formula is C21H27N3O3. The number of hydrogen-bond acceptors (Lipinski definition) is 4. The molecule has 2 amide bonds. The largest absolute Gasteiger partial charge is 0.491 e. The number of carbonyl (C=O) groups excluding carboxylic acids is 2. The quantitative estimate of drug-likeness (QED) is 0.747. The van der Waals surface area contributed by atoms with Gasteiger partial charge in [-0.1, -0.05) is 26.0 Å². The van der Waals surface area contributed by atoms with Gasteiger partial charge >= 0.3 is 0 Å². The van der Waals surface area contributed by atoms with E-state index in [4.69, 9.17) is 4.74 Å². The van der Waals surface area contributed by atoms with Crippen molar-refractivity contribution in [3.63, 3.8) is 0 Å². The van der Waals surface area contributed by atoms with E-state index in [1.807, 2.05) is 24.3 Å². The van der Waals surface area contributed by atoms with Gasteiger partial charge in [0.1, 0.15) is 5.75 Å². The summed E-state index contributed by atoms with van der Waals surface area (Å²) < 4.78 is 5.75. The summed E-state index contributed by atoms with van der Waals surface area (Å²) in [5.74, 6) is 0.824. The van der Waals surface area contributed by atoms with Crippen LogP contribution in [0.5, 0.6) is 5.75 Å². The fraction of sp³-hybridized carbons (Fsp3) is 0.333. The first-order valence-corrected chi connectivity index (χ1v) is 8.94. The summed E-state index contributed by atoms with van der Waals surface area (Å²) in [4.78, 5) is 25.7. The maximum absolute atomic E-state index is 12.3. The summed E-state index contributed by atoms with van der Waals surface area (Å²) in [5, 5.41) is 5.91. The van der Waals surface area contributed by atoms with Crippen LogP contribution in [0.2, 0.25) is 0 Å². The highest BCUT2D eigenvalue weighted by molar-refractivity contribution is 5.96. The zero-order chi connectivity index (χ0) is 19.8. The number of nitrogens with zero attached hydrogens (tertiary/aromatic N) is 1. The van der Waals surface area contributed by atoms with Gasteiger partial charge < -0.3 is 20.3 Å². The summed E-state index contributed by atoms with van der Waals surface area (Å²) in [5.41, 5.74) is 2.02. The molecule has 0 aliphatic rings. The van der Waals surface area contributed by atoms with Crippen LogP contribution < -0.4 is 15.4 Å². The molecule has 0 fully saturated rings. The van der Waals surface area contributed by atoms with E-state index in [2.05, 4.69) is 24.5 Å². The maximum atomic E-state index is 12.3. The van der Waals surface area contributed by atoms with E-state index in [0.29, 0.717) is 29.5 Å². The van der Waals surface area contributed by atoms with Crippen LogP contribution in [0.3, 0.4) is 0 Å². The molecule has 0 aliphatic carbocycles. The molecule has 2 aromatic rings. The Hall–Kier alpha value is -3.02. The Kier molecular flexibility index (Phi) is 7.23. The van der Waals surface area contributed by atoms with Crippen LogP contribution in [0.4, 0.5) is 11.4 Å². The zero-order valence-electron chi connectivity index (χ0n) is 16.3. The number of para-hydroxylation sites is 2. The minimum absolute atomic E-state index is 0.0581. The molecule has 0 aromatic heterocycles. The van der Waals surface area contributed by atoms with Gasteiger partial charge in [-0.15, -0.1) is 0 Å². The van der Waals surface area contributed by atoms with Crippen molar-refractivity contribution in [1.29, 1.82) is 0 Å². The van der Waals surface area contributed by atoms with Gasteiger partial charge in [-0.3, -0.25) is 9.59 Å². The summed E-state index contributed by atoms with van der Waals surface area (Å²) >= 11 is 0. The second-order valence-corrected chi connectivity index (χ2v) is 6.88. The molecule has 2 aromatic carbocycles. The lowest BCUT2D eigenvalue weighted by Crippen LogP contribution is -2.23. The number of benzene rings is 2. The molecule has 0 atom stereocenters. The Morgan fingerprint density at radius 1 is 1.04 bits per heavy atom. The summed E-state index contributed by atoms with van der Waals surface area (Å²) in [6.45, 7) is 4.84. The van der Waals surface area contributed by atoms with Crippen LogP contribution in [0.25, 0.3) is 0 Å². The zero-order valence-corrected chi connectivity index (χ0v) is 16.3. The van der Waals surface area contributed by atoms with Crippen molar-refractivity contribution in [2.45, 2.75) is 13.8 Å². The molecule has 0 radical (unpaired) electrons. The molecule has 0 aliphatic heterocycles. The normalized spacial score (nSPS) is 10.4. The fourth-order valence-corrected chi connectivity index (χ4v) is 2.32. The topological polar surface area (TPSA) is 70.7 Å². The number of carbonyl (C=O) groups is 2. The monoisotopic (exact) mass is 369 g/mol. The number of ether oxygens (including phenoxy) is 1. The molecule has 6 nitrogen and oxygen atoms in total. The lowest BCUT2D eigenvalue weighted by molar-refractivity contribution is -0.114. The van der Waals surface area contributed by atoms with Crippen molar-refractivity contribution < 1.29 is 14.3 Å². The van der Waals surface area contributed by atoms with Crippen molar-refractivity contribution in [3.8, 4) is 5.75 Å². The van der Waals surface area contributed by atoms with Crippen molar-refractivity contribution >= 4 is 23.2 Å². The minimum Gasteiger partial charge on any atom is -0.491 e. The summed E-state index contributed by atoms with van der Waals surface area (Å²) in [7, 11) is 3.42. The predicted molar refractivity (Wildman–Crippen MR) is 108 cm³/mol. The van der Waals surface area contributed by atoms with E-state index in [0.717, 1.165) is 5.69 Å². The molecule has 2 rings (SSSR count). The van der Waals surface area contributed by atoms with Gasteiger partial charge in [-0.05, 0) is 42.3 Å². The number of nitrogens with one attached hydrogen (secondary N) is 2. The van der Waals surface area contributed by atoms with Crippen LogP contribution in [-0.2, 0) is 4.79 Å². The fourth-order valence-electron chi connectivity index (χ4n) is 2.32. The third-order valence-electron chi connectivity index (χ3n) is 3.72. The third kappa shape index (κ3) is 6.33. The van der Waals surface area contributed by atoms with Crippen LogP contribution in [0.1, 0.15) is 24.2 Å². The highest BCUT2D eigenvalue weighted by atomic mass is 16.5. The van der Waals surface area contributed by atoms with Crippen molar-refractivity contribution in [2.24, 2.45) is 5.92 Å². The molecule has 6 heteroatoms. The van der Waals surface area contributed by atoms with Gasteiger partial charge in [0.2, 0.25) is 5.91 Å². The summed E-state index contributed by atoms with van der Waals surface area (Å²) in [6, 6.07) is 14.4. The predicted octanol–water partition coefficient (Wildman–Crippen LogP) is 3.47. The average Bonchev–Trinajstić information content (AvgIpc) is 2.65. The first-order chi connectivity index (χ1) is 12.9. The van der Waals surface area contributed by atoms with E-state index in [9.17, 15) is 9.59 Å². The second-order valence-electron chi connectivity index (χ2n) is 6.88. The van der Waals surface area contributed by atoms with Crippen molar-refractivity contribution in [2.75, 3.05) is 37.9 Å². The third-order valence-corrected chi connectivity index (χ3v) is 3.72. The Bertz CT molecular complexity index is 770. The Morgan fingerprint density at radius 3 is 2.33 bits per heavy atom. The molecule has 2 N–H and O–H groups in total. The number of amides is 2. The van der Waals surface area contributed by atoms with Gasteiger partial charge in [0.25, 0.3) is 5.91 Å². The number of rotatable bonds is 8. The van der Waals surface area contributed by atoms with E-state index in [1.54, 1.807) is 38.4 Å². The van der Waals surface area contributed by atoms with E-state index >= 15 is 0 Å². The minimum atomic E-state index is -0.177. The first kappa shape index (κ1) is 20.3.